The van der Waals surface area contributed by atoms with Gasteiger partial charge in [-0.25, -0.2) is 0 Å². The van der Waals surface area contributed by atoms with Crippen LogP contribution in [0.4, 0.5) is 24.5 Å². The number of unbranched alkanes of at least 4 members (excludes halogenated alkanes) is 1. The van der Waals surface area contributed by atoms with Crippen molar-refractivity contribution in [2.45, 2.75) is 25.9 Å². The predicted octanol–water partition coefficient (Wildman–Crippen LogP) is 4.85. The highest BCUT2D eigenvalue weighted by Crippen LogP contribution is 2.35. The van der Waals surface area contributed by atoms with E-state index in [1.165, 1.54) is 6.07 Å². The van der Waals surface area contributed by atoms with Crippen LogP contribution < -0.4 is 20.3 Å². The molecule has 0 saturated carbocycles. The van der Waals surface area contributed by atoms with Crippen LogP contribution in [0.1, 0.15) is 35.7 Å². The summed E-state index contributed by atoms with van der Waals surface area (Å²) < 4.78 is 50.8. The van der Waals surface area contributed by atoms with Gasteiger partial charge in [-0.1, -0.05) is 19.4 Å². The van der Waals surface area contributed by atoms with Crippen LogP contribution in [0.3, 0.4) is 0 Å². The lowest BCUT2D eigenvalue weighted by molar-refractivity contribution is -0.137. The van der Waals surface area contributed by atoms with Gasteiger partial charge in [-0.3, -0.25) is 10.1 Å². The van der Waals surface area contributed by atoms with Gasteiger partial charge in [0.2, 0.25) is 0 Å². The van der Waals surface area contributed by atoms with Crippen molar-refractivity contribution in [2.75, 3.05) is 43.1 Å². The standard InChI is InChI=1S/C23H26F3N3O3S/c1-2-3-11-32-18-6-4-5-16(14-18)21(30)28-22(33)27-19-15-17(23(24,25)26)7-8-20(19)29-9-12-31-13-10-29/h4-8,14-15H,2-3,9-13H2,1H3,(H2,27,28,30,33). The lowest BCUT2D eigenvalue weighted by Gasteiger charge is -2.31. The second kappa shape index (κ2) is 11.3. The monoisotopic (exact) mass is 481 g/mol. The Bertz CT molecular complexity index is 979. The van der Waals surface area contributed by atoms with E-state index in [4.69, 9.17) is 21.7 Å². The van der Waals surface area contributed by atoms with Crippen LogP contribution in [0, 0.1) is 0 Å². The molecule has 2 N–H and O–H groups in total. The lowest BCUT2D eigenvalue weighted by Crippen LogP contribution is -2.38. The number of nitrogens with zero attached hydrogens (tertiary/aromatic N) is 1. The Labute approximate surface area is 196 Å². The minimum Gasteiger partial charge on any atom is -0.494 e. The quantitative estimate of drug-likeness (QED) is 0.436. The van der Waals surface area contributed by atoms with Crippen molar-refractivity contribution in [3.8, 4) is 5.75 Å². The molecule has 1 aliphatic heterocycles. The number of thiocarbonyl (C=S) groups is 1. The number of amides is 1. The first-order valence-electron chi connectivity index (χ1n) is 10.7. The third-order valence-electron chi connectivity index (χ3n) is 5.01. The Morgan fingerprint density at radius 1 is 1.18 bits per heavy atom. The summed E-state index contributed by atoms with van der Waals surface area (Å²) in [4.78, 5) is 14.5. The van der Waals surface area contributed by atoms with Crippen molar-refractivity contribution in [3.05, 3.63) is 53.6 Å². The number of ether oxygens (including phenoxy) is 2. The van der Waals surface area contributed by atoms with E-state index in [0.29, 0.717) is 49.9 Å². The number of benzene rings is 2. The molecule has 2 aromatic rings. The summed E-state index contributed by atoms with van der Waals surface area (Å²) in [5.74, 6) is 0.0656. The van der Waals surface area contributed by atoms with Crippen LogP contribution in [0.25, 0.3) is 0 Å². The normalized spacial score (nSPS) is 14.0. The molecular weight excluding hydrogens is 455 g/mol. The van der Waals surface area contributed by atoms with E-state index in [1.54, 1.807) is 24.3 Å². The molecule has 33 heavy (non-hydrogen) atoms. The second-order valence-electron chi connectivity index (χ2n) is 7.47. The van der Waals surface area contributed by atoms with Crippen molar-refractivity contribution in [3.63, 3.8) is 0 Å². The first-order chi connectivity index (χ1) is 15.8. The van der Waals surface area contributed by atoms with Crippen LogP contribution in [-0.2, 0) is 10.9 Å². The van der Waals surface area contributed by atoms with E-state index in [0.717, 1.165) is 25.0 Å². The average molecular weight is 482 g/mol. The first-order valence-corrected chi connectivity index (χ1v) is 11.1. The van der Waals surface area contributed by atoms with Crippen LogP contribution in [0.2, 0.25) is 0 Å². The van der Waals surface area contributed by atoms with Gasteiger partial charge in [0.1, 0.15) is 5.75 Å². The van der Waals surface area contributed by atoms with Gasteiger partial charge >= 0.3 is 6.18 Å². The largest absolute Gasteiger partial charge is 0.494 e. The number of hydrogen-bond donors (Lipinski definition) is 2. The van der Waals surface area contributed by atoms with Gasteiger partial charge in [-0.15, -0.1) is 0 Å². The summed E-state index contributed by atoms with van der Waals surface area (Å²) in [6, 6.07) is 10.1. The molecule has 1 heterocycles. The Morgan fingerprint density at radius 3 is 2.64 bits per heavy atom. The molecule has 1 fully saturated rings. The van der Waals surface area contributed by atoms with Crippen LogP contribution in [0.5, 0.6) is 5.75 Å². The third-order valence-corrected chi connectivity index (χ3v) is 5.22. The van der Waals surface area contributed by atoms with Crippen molar-refractivity contribution < 1.29 is 27.4 Å². The van der Waals surface area contributed by atoms with E-state index in [1.807, 2.05) is 4.90 Å². The Balaban J connectivity index is 1.73. The highest BCUT2D eigenvalue weighted by molar-refractivity contribution is 7.80. The van der Waals surface area contributed by atoms with Gasteiger partial charge in [0.05, 0.1) is 36.8 Å². The number of halogens is 3. The number of carbonyl (C=O) groups excluding carboxylic acids is 1. The number of hydrogen-bond acceptors (Lipinski definition) is 5. The summed E-state index contributed by atoms with van der Waals surface area (Å²) in [6.07, 6.45) is -2.63. The molecule has 0 atom stereocenters. The number of nitrogens with one attached hydrogen (secondary N) is 2. The van der Waals surface area contributed by atoms with Crippen molar-refractivity contribution >= 4 is 34.6 Å². The number of rotatable bonds is 7. The zero-order chi connectivity index (χ0) is 23.8. The van der Waals surface area contributed by atoms with Crippen LogP contribution >= 0.6 is 12.2 Å². The topological polar surface area (TPSA) is 62.8 Å². The van der Waals surface area contributed by atoms with E-state index < -0.39 is 17.6 Å². The lowest BCUT2D eigenvalue weighted by atomic mass is 10.1. The van der Waals surface area contributed by atoms with Gasteiger partial charge in [0, 0.05) is 18.7 Å². The van der Waals surface area contributed by atoms with E-state index in [-0.39, 0.29) is 10.8 Å². The second-order valence-corrected chi connectivity index (χ2v) is 7.88. The summed E-state index contributed by atoms with van der Waals surface area (Å²) >= 11 is 5.23. The van der Waals surface area contributed by atoms with Crippen molar-refractivity contribution in [1.29, 1.82) is 0 Å². The Morgan fingerprint density at radius 2 is 1.94 bits per heavy atom. The number of anilines is 2. The molecule has 0 aromatic heterocycles. The summed E-state index contributed by atoms with van der Waals surface area (Å²) in [6.45, 7) is 4.60. The van der Waals surface area contributed by atoms with E-state index in [9.17, 15) is 18.0 Å². The van der Waals surface area contributed by atoms with Crippen LogP contribution in [0.15, 0.2) is 42.5 Å². The number of morpholine rings is 1. The molecule has 1 saturated heterocycles. The minimum atomic E-state index is -4.51. The maximum atomic E-state index is 13.3. The zero-order valence-corrected chi connectivity index (χ0v) is 19.0. The number of alkyl halides is 3. The van der Waals surface area contributed by atoms with Gasteiger partial charge in [0.25, 0.3) is 5.91 Å². The molecule has 0 aliphatic carbocycles. The van der Waals surface area contributed by atoms with Crippen molar-refractivity contribution in [2.24, 2.45) is 0 Å². The van der Waals surface area contributed by atoms with Crippen LogP contribution in [-0.4, -0.2) is 43.9 Å². The average Bonchev–Trinajstić information content (AvgIpc) is 2.79. The molecule has 1 amide bonds. The maximum Gasteiger partial charge on any atom is 0.416 e. The Kier molecular flexibility index (Phi) is 8.51. The maximum absolute atomic E-state index is 13.3. The molecule has 2 aromatic carbocycles. The molecule has 0 bridgehead atoms. The van der Waals surface area contributed by atoms with Gasteiger partial charge < -0.3 is 19.7 Å². The van der Waals surface area contributed by atoms with Gasteiger partial charge in [-0.05, 0) is 55.0 Å². The molecule has 6 nitrogen and oxygen atoms in total. The Hall–Kier alpha value is -2.85. The highest BCUT2D eigenvalue weighted by atomic mass is 32.1. The molecule has 0 unspecified atom stereocenters. The molecule has 1 aliphatic rings. The molecule has 3 rings (SSSR count). The smallest absolute Gasteiger partial charge is 0.416 e. The molecule has 178 valence electrons. The fourth-order valence-electron chi connectivity index (χ4n) is 3.28. The van der Waals surface area contributed by atoms with Gasteiger partial charge in [0.15, 0.2) is 5.11 Å². The van der Waals surface area contributed by atoms with Crippen molar-refractivity contribution in [1.82, 2.24) is 5.32 Å². The third kappa shape index (κ3) is 7.06. The number of carbonyl (C=O) groups is 1. The molecule has 0 spiro atoms. The summed E-state index contributed by atoms with van der Waals surface area (Å²) in [5, 5.41) is 5.19. The molecule has 0 radical (unpaired) electrons. The molecular formula is C23H26F3N3O3S. The first kappa shape index (κ1) is 24.8. The predicted molar refractivity (Wildman–Crippen MR) is 125 cm³/mol. The highest BCUT2D eigenvalue weighted by Gasteiger charge is 2.31. The summed E-state index contributed by atoms with van der Waals surface area (Å²) in [7, 11) is 0. The molecule has 10 heteroatoms. The zero-order valence-electron chi connectivity index (χ0n) is 18.2. The van der Waals surface area contributed by atoms with Gasteiger partial charge in [-0.2, -0.15) is 13.2 Å². The minimum absolute atomic E-state index is 0.105. The fourth-order valence-corrected chi connectivity index (χ4v) is 3.49. The fraction of sp³-hybridized carbons (Fsp3) is 0.391. The SMILES string of the molecule is CCCCOc1cccc(C(=O)NC(=S)Nc2cc(C(F)(F)F)ccc2N2CCOCC2)c1. The van der Waals surface area contributed by atoms with E-state index >= 15 is 0 Å². The summed E-state index contributed by atoms with van der Waals surface area (Å²) in [5.41, 5.74) is 0.224. The van der Waals surface area contributed by atoms with E-state index in [2.05, 4.69) is 17.6 Å².